The van der Waals surface area contributed by atoms with Crippen molar-refractivity contribution >= 4 is 46.4 Å². The van der Waals surface area contributed by atoms with Crippen LogP contribution in [-0.2, 0) is 43.8 Å². The topological polar surface area (TPSA) is 388 Å². The Labute approximate surface area is 351 Å². The molecule has 344 valence electrons. The molecule has 0 radical (unpaired) electrons. The second-order valence-corrected chi connectivity index (χ2v) is 12.3. The van der Waals surface area contributed by atoms with Gasteiger partial charge in [-0.3, -0.25) is 9.11 Å². The van der Waals surface area contributed by atoms with Crippen molar-refractivity contribution in [3.63, 3.8) is 0 Å². The molecule has 4 rings (SSSR count). The molecule has 4 atom stereocenters. The highest BCUT2D eigenvalue weighted by molar-refractivity contribution is 7.79. The van der Waals surface area contributed by atoms with Crippen LogP contribution < -0.4 is 28.4 Å². The molecule has 2 aromatic rings. The Kier molecular flexibility index (Phi) is 21.4. The number of methoxy groups -OCH3 is 6. The number of aliphatic hydroxyl groups is 7. The molecular formula is C36H44O25S. The van der Waals surface area contributed by atoms with E-state index in [4.69, 9.17) is 76.2 Å². The van der Waals surface area contributed by atoms with Crippen LogP contribution in [0.5, 0.6) is 34.5 Å². The lowest BCUT2D eigenvalue weighted by Crippen LogP contribution is -2.33. The van der Waals surface area contributed by atoms with Crippen molar-refractivity contribution in [1.82, 2.24) is 0 Å². The summed E-state index contributed by atoms with van der Waals surface area (Å²) in [4.78, 5) is 44.1. The maximum atomic E-state index is 11.9. The SMILES string of the molecule is COc1cc(OC)c(/C=C/C(=O)O)c(OC)c1.COc1cc(OC)c(/C=C/C(=O)OC[C@@H](O)[C@H]2OC(=O)C(O)=C2O)c(OC)c1.O=C1O[C@H]([C@H](O)CO)C(O)=C1O.O=S(=O)(O)O. The van der Waals surface area contributed by atoms with Crippen molar-refractivity contribution in [3.8, 4) is 34.5 Å². The predicted molar refractivity (Wildman–Crippen MR) is 206 cm³/mol. The van der Waals surface area contributed by atoms with Gasteiger partial charge in [-0.1, -0.05) is 0 Å². The summed E-state index contributed by atoms with van der Waals surface area (Å²) in [7, 11) is 4.22. The van der Waals surface area contributed by atoms with E-state index in [0.717, 1.165) is 12.2 Å². The van der Waals surface area contributed by atoms with Gasteiger partial charge in [0.1, 0.15) is 53.3 Å². The Balaban J connectivity index is 0.000000478. The number of carboxylic acids is 1. The van der Waals surface area contributed by atoms with E-state index in [-0.39, 0.29) is 0 Å². The van der Waals surface area contributed by atoms with E-state index in [9.17, 15) is 34.5 Å². The van der Waals surface area contributed by atoms with Crippen LogP contribution in [0.3, 0.4) is 0 Å². The van der Waals surface area contributed by atoms with E-state index >= 15 is 0 Å². The number of esters is 3. The van der Waals surface area contributed by atoms with Gasteiger partial charge in [-0.15, -0.1) is 0 Å². The van der Waals surface area contributed by atoms with Crippen LogP contribution in [-0.4, -0.2) is 163 Å². The molecule has 25 nitrogen and oxygen atoms in total. The number of hydrogen-bond donors (Lipinski definition) is 10. The van der Waals surface area contributed by atoms with Crippen molar-refractivity contribution in [3.05, 3.63) is 70.6 Å². The van der Waals surface area contributed by atoms with E-state index < -0.39 is 94.9 Å². The number of aliphatic hydroxyl groups excluding tert-OH is 7. The molecule has 0 bridgehead atoms. The van der Waals surface area contributed by atoms with Gasteiger partial charge in [0.15, 0.2) is 23.7 Å². The molecule has 2 aliphatic heterocycles. The number of hydrogen-bond acceptors (Lipinski definition) is 22. The summed E-state index contributed by atoms with van der Waals surface area (Å²) < 4.78 is 76.4. The van der Waals surface area contributed by atoms with Gasteiger partial charge in [0.25, 0.3) is 0 Å². The number of carbonyl (C=O) groups is 4. The Morgan fingerprint density at radius 1 is 0.661 bits per heavy atom. The third-order valence-electron chi connectivity index (χ3n) is 7.45. The molecule has 26 heteroatoms. The van der Waals surface area contributed by atoms with Crippen LogP contribution in [0.4, 0.5) is 0 Å². The third kappa shape index (κ3) is 16.2. The standard InChI is InChI=1S/C18H20O10.C12H14O5.C6H8O6.H2O4S/c1-24-9-6-12(25-2)10(13(7-9)26-3)4-5-14(20)27-8-11(19)17-15(21)16(22)18(23)28-17;1-15-8-6-10(16-2)9(4-5-12(13)14)11(7-8)17-3;7-1-2(8)5-3(9)4(10)6(11)12-5;1-5(2,3)4/h4-7,11,17,19,21-22H,8H2,1-3H3;4-7H,1-3H3,(H,13,14);2,5,7-10H,1H2;(H2,1,2,3,4)/b2*5-4+;;/t11-,17-;;2-,5-;/m1.1./s1. The predicted octanol–water partition coefficient (Wildman–Crippen LogP) is 0.633. The Bertz CT molecular complexity index is 2060. The zero-order valence-electron chi connectivity index (χ0n) is 33.3. The monoisotopic (exact) mass is 908 g/mol. The minimum atomic E-state index is -4.67. The molecule has 0 aliphatic carbocycles. The van der Waals surface area contributed by atoms with Crippen LogP contribution >= 0.6 is 0 Å². The fourth-order valence-electron chi connectivity index (χ4n) is 4.55. The number of benzene rings is 2. The minimum absolute atomic E-state index is 0.392. The molecule has 0 amide bonds. The lowest BCUT2D eigenvalue weighted by Gasteiger charge is -2.16. The van der Waals surface area contributed by atoms with Gasteiger partial charge in [0.2, 0.25) is 11.5 Å². The average Bonchev–Trinajstić information content (AvgIpc) is 3.66. The van der Waals surface area contributed by atoms with Crippen LogP contribution in [0.15, 0.2) is 59.5 Å². The maximum Gasteiger partial charge on any atom is 0.394 e. The van der Waals surface area contributed by atoms with Gasteiger partial charge >= 0.3 is 34.3 Å². The molecule has 2 aliphatic rings. The van der Waals surface area contributed by atoms with E-state index in [0.29, 0.717) is 45.6 Å². The second-order valence-electron chi connectivity index (χ2n) is 11.4. The Morgan fingerprint density at radius 3 is 1.27 bits per heavy atom. The van der Waals surface area contributed by atoms with Gasteiger partial charge in [-0.25, -0.2) is 19.2 Å². The summed E-state index contributed by atoms with van der Waals surface area (Å²) in [5.41, 5.74) is 1.01. The number of carboxylic acid groups (broad SMARTS) is 1. The largest absolute Gasteiger partial charge is 0.505 e. The smallest absolute Gasteiger partial charge is 0.394 e. The summed E-state index contributed by atoms with van der Waals surface area (Å²) in [6, 6.07) is 6.52. The molecule has 2 heterocycles. The van der Waals surface area contributed by atoms with Crippen LogP contribution in [0.25, 0.3) is 12.2 Å². The molecule has 10 N–H and O–H groups in total. The highest BCUT2D eigenvalue weighted by atomic mass is 32.3. The summed E-state index contributed by atoms with van der Waals surface area (Å²) in [5, 5.41) is 72.2. The zero-order valence-corrected chi connectivity index (χ0v) is 34.2. The zero-order chi connectivity index (χ0) is 47.5. The second kappa shape index (κ2) is 25.0. The molecule has 0 saturated carbocycles. The molecule has 62 heavy (non-hydrogen) atoms. The van der Waals surface area contributed by atoms with E-state index in [1.807, 2.05) is 0 Å². The molecule has 0 fully saturated rings. The molecule has 2 aromatic carbocycles. The average molecular weight is 909 g/mol. The summed E-state index contributed by atoms with van der Waals surface area (Å²) in [6.45, 7) is -1.26. The first-order valence-corrected chi connectivity index (χ1v) is 18.1. The van der Waals surface area contributed by atoms with E-state index in [2.05, 4.69) is 9.47 Å². The van der Waals surface area contributed by atoms with Crippen molar-refractivity contribution in [2.24, 2.45) is 0 Å². The highest BCUT2D eigenvalue weighted by Crippen LogP contribution is 2.36. The summed E-state index contributed by atoms with van der Waals surface area (Å²) in [5.74, 6) is -4.80. The number of cyclic esters (lactones) is 2. The molecule has 0 saturated heterocycles. The first kappa shape index (κ1) is 53.0. The maximum absolute atomic E-state index is 11.9. The molecule has 0 unspecified atom stereocenters. The third-order valence-corrected chi connectivity index (χ3v) is 7.45. The van der Waals surface area contributed by atoms with E-state index in [1.54, 1.807) is 24.3 Å². The quantitative estimate of drug-likeness (QED) is 0.0507. The Morgan fingerprint density at radius 2 is 1.00 bits per heavy atom. The highest BCUT2D eigenvalue weighted by Gasteiger charge is 2.40. The lowest BCUT2D eigenvalue weighted by molar-refractivity contribution is -0.152. The minimum Gasteiger partial charge on any atom is -0.505 e. The Hall–Kier alpha value is -6.97. The van der Waals surface area contributed by atoms with Gasteiger partial charge < -0.3 is 83.5 Å². The number of carbonyl (C=O) groups excluding carboxylic acids is 3. The number of rotatable bonds is 15. The number of aliphatic carboxylic acids is 1. The first-order chi connectivity index (χ1) is 29.0. The van der Waals surface area contributed by atoms with Gasteiger partial charge in [-0.05, 0) is 12.2 Å². The van der Waals surface area contributed by atoms with E-state index in [1.165, 1.54) is 54.8 Å². The number of ether oxygens (including phenoxy) is 9. The van der Waals surface area contributed by atoms with Crippen LogP contribution in [0, 0.1) is 0 Å². The van der Waals surface area contributed by atoms with Gasteiger partial charge in [-0.2, -0.15) is 8.42 Å². The van der Waals surface area contributed by atoms with Gasteiger partial charge in [0.05, 0.1) is 60.4 Å². The first-order valence-electron chi connectivity index (χ1n) is 16.7. The fourth-order valence-corrected chi connectivity index (χ4v) is 4.55. The lowest BCUT2D eigenvalue weighted by atomic mass is 10.1. The van der Waals surface area contributed by atoms with Crippen molar-refractivity contribution in [1.29, 1.82) is 0 Å². The van der Waals surface area contributed by atoms with Crippen molar-refractivity contribution in [2.75, 3.05) is 55.9 Å². The van der Waals surface area contributed by atoms with Gasteiger partial charge in [0, 0.05) is 36.4 Å². The molecular weight excluding hydrogens is 864 g/mol. The van der Waals surface area contributed by atoms with Crippen LogP contribution in [0.1, 0.15) is 11.1 Å². The fraction of sp³-hybridized carbons (Fsp3) is 0.333. The van der Waals surface area contributed by atoms with Crippen molar-refractivity contribution in [2.45, 2.75) is 24.4 Å². The summed E-state index contributed by atoms with van der Waals surface area (Å²) >= 11 is 0. The molecule has 0 spiro atoms. The van der Waals surface area contributed by atoms with Crippen molar-refractivity contribution < 1.29 is 120 Å². The van der Waals surface area contributed by atoms with Crippen LogP contribution in [0.2, 0.25) is 0 Å². The normalized spacial score (nSPS) is 16.6. The summed E-state index contributed by atoms with van der Waals surface area (Å²) in [6.07, 6.45) is -0.937. The molecule has 0 aromatic heterocycles.